The van der Waals surface area contributed by atoms with Crippen LogP contribution < -0.4 is 5.73 Å². The Morgan fingerprint density at radius 2 is 1.78 bits per heavy atom. The van der Waals surface area contributed by atoms with E-state index in [0.717, 1.165) is 50.8 Å². The van der Waals surface area contributed by atoms with Crippen LogP contribution in [0, 0.1) is 0 Å². The molecule has 23 heavy (non-hydrogen) atoms. The first-order chi connectivity index (χ1) is 10.6. The fourth-order valence-corrected chi connectivity index (χ4v) is 3.98. The van der Waals surface area contributed by atoms with Crippen molar-refractivity contribution >= 4 is 12.4 Å². The van der Waals surface area contributed by atoms with Gasteiger partial charge in [0, 0.05) is 0 Å². The molecule has 124 valence electrons. The Hall–Kier alpha value is -1.39. The van der Waals surface area contributed by atoms with Gasteiger partial charge in [-0.15, -0.1) is 12.4 Å². The van der Waals surface area contributed by atoms with Crippen molar-refractivity contribution in [1.29, 1.82) is 0 Å². The number of halogens is 1. The third-order valence-corrected chi connectivity index (χ3v) is 5.53. The molecular weight excluding hydrogens is 310 g/mol. The quantitative estimate of drug-likeness (QED) is 0.910. The van der Waals surface area contributed by atoms with E-state index in [9.17, 15) is 0 Å². The molecule has 0 aliphatic heterocycles. The molecule has 0 radical (unpaired) electrons. The summed E-state index contributed by atoms with van der Waals surface area (Å²) in [6.45, 7) is 2.23. The summed E-state index contributed by atoms with van der Waals surface area (Å²) in [7, 11) is 0. The van der Waals surface area contributed by atoms with E-state index in [1.165, 1.54) is 11.1 Å². The van der Waals surface area contributed by atoms with Crippen molar-refractivity contribution in [2.24, 2.45) is 5.73 Å². The lowest BCUT2D eigenvalue weighted by Gasteiger charge is -2.31. The molecule has 1 atom stereocenters. The van der Waals surface area contributed by atoms with Gasteiger partial charge in [0.15, 0.2) is 5.82 Å². The van der Waals surface area contributed by atoms with Gasteiger partial charge < -0.3 is 10.3 Å². The van der Waals surface area contributed by atoms with Crippen LogP contribution in [-0.4, -0.2) is 10.1 Å². The number of aryl methyl sites for hydroxylation is 1. The van der Waals surface area contributed by atoms with Crippen LogP contribution in [0.15, 0.2) is 28.8 Å². The molecule has 0 spiro atoms. The van der Waals surface area contributed by atoms with Gasteiger partial charge in [0.1, 0.15) is 0 Å². The van der Waals surface area contributed by atoms with Crippen molar-refractivity contribution in [2.75, 3.05) is 0 Å². The highest BCUT2D eigenvalue weighted by molar-refractivity contribution is 5.85. The first-order valence-corrected chi connectivity index (χ1v) is 8.29. The summed E-state index contributed by atoms with van der Waals surface area (Å²) in [5, 5.41) is 4.24. The van der Waals surface area contributed by atoms with Crippen molar-refractivity contribution in [3.05, 3.63) is 47.1 Å². The molecule has 1 unspecified atom stereocenters. The Labute approximate surface area is 143 Å². The van der Waals surface area contributed by atoms with Crippen LogP contribution in [0.3, 0.4) is 0 Å². The lowest BCUT2D eigenvalue weighted by atomic mass is 9.73. The lowest BCUT2D eigenvalue weighted by Crippen LogP contribution is -2.35. The van der Waals surface area contributed by atoms with Crippen LogP contribution in [0.1, 0.15) is 61.9 Å². The molecule has 1 saturated carbocycles. The highest BCUT2D eigenvalue weighted by atomic mass is 35.5. The second-order valence-electron chi connectivity index (χ2n) is 7.29. The van der Waals surface area contributed by atoms with E-state index in [1.807, 2.05) is 0 Å². The number of rotatable bonds is 2. The molecule has 4 nitrogen and oxygen atoms in total. The third-order valence-electron chi connectivity index (χ3n) is 5.53. The Balaban J connectivity index is 0.00000156. The highest BCUT2D eigenvalue weighted by Gasteiger charge is 2.40. The van der Waals surface area contributed by atoms with Crippen molar-refractivity contribution in [2.45, 2.75) is 62.8 Å². The van der Waals surface area contributed by atoms with Crippen LogP contribution >= 0.6 is 12.4 Å². The minimum Gasteiger partial charge on any atom is -0.339 e. The Morgan fingerprint density at radius 1 is 1.09 bits per heavy atom. The summed E-state index contributed by atoms with van der Waals surface area (Å²) in [6, 6.07) is 8.66. The van der Waals surface area contributed by atoms with Crippen LogP contribution in [0.5, 0.6) is 0 Å². The predicted octanol–water partition coefficient (Wildman–Crippen LogP) is 3.67. The van der Waals surface area contributed by atoms with Crippen LogP contribution in [0.25, 0.3) is 0 Å². The standard InChI is InChI=1S/C18H23N3O.ClH/c1-17(11-8-13-6-2-3-7-14(13)12-17)16-20-15(21-22-16)18(19)9-4-5-10-18;/h2-3,6-7H,4-5,8-12,19H2,1H3;1H. The van der Waals surface area contributed by atoms with E-state index in [-0.39, 0.29) is 23.4 Å². The first kappa shape index (κ1) is 16.5. The number of nitrogens with two attached hydrogens (primary N) is 1. The maximum absolute atomic E-state index is 6.46. The van der Waals surface area contributed by atoms with E-state index in [2.05, 4.69) is 36.3 Å². The molecule has 5 heteroatoms. The molecule has 0 saturated heterocycles. The van der Waals surface area contributed by atoms with Crippen molar-refractivity contribution in [3.63, 3.8) is 0 Å². The molecule has 2 N–H and O–H groups in total. The molecule has 2 aliphatic rings. The van der Waals surface area contributed by atoms with Gasteiger partial charge >= 0.3 is 0 Å². The number of hydrogen-bond donors (Lipinski definition) is 1. The Morgan fingerprint density at radius 3 is 2.52 bits per heavy atom. The lowest BCUT2D eigenvalue weighted by molar-refractivity contribution is 0.266. The van der Waals surface area contributed by atoms with Gasteiger partial charge in [0.2, 0.25) is 5.89 Å². The van der Waals surface area contributed by atoms with Gasteiger partial charge in [-0.1, -0.05) is 49.2 Å². The fraction of sp³-hybridized carbons (Fsp3) is 0.556. The summed E-state index contributed by atoms with van der Waals surface area (Å²) in [4.78, 5) is 4.73. The molecule has 0 amide bonds. The van der Waals surface area contributed by atoms with Gasteiger partial charge in [0.05, 0.1) is 11.0 Å². The summed E-state index contributed by atoms with van der Waals surface area (Å²) < 4.78 is 5.66. The van der Waals surface area contributed by atoms with Crippen LogP contribution in [0.2, 0.25) is 0 Å². The molecule has 2 aromatic rings. The number of fused-ring (bicyclic) bond motifs is 1. The van der Waals surface area contributed by atoms with Gasteiger partial charge in [-0.05, 0) is 43.2 Å². The zero-order valence-corrected chi connectivity index (χ0v) is 14.4. The van der Waals surface area contributed by atoms with E-state index >= 15 is 0 Å². The largest absolute Gasteiger partial charge is 0.339 e. The van der Waals surface area contributed by atoms with Crippen molar-refractivity contribution in [1.82, 2.24) is 10.1 Å². The topological polar surface area (TPSA) is 64.9 Å². The maximum atomic E-state index is 6.46. The molecule has 1 heterocycles. The van der Waals surface area contributed by atoms with Crippen LogP contribution in [-0.2, 0) is 23.8 Å². The van der Waals surface area contributed by atoms with Gasteiger partial charge in [-0.25, -0.2) is 0 Å². The number of benzene rings is 1. The SMILES string of the molecule is CC1(c2nc(C3(N)CCCC3)no2)CCc2ccccc2C1.Cl. The highest BCUT2D eigenvalue weighted by Crippen LogP contribution is 2.40. The second-order valence-corrected chi connectivity index (χ2v) is 7.29. The number of aromatic nitrogens is 2. The average molecular weight is 334 g/mol. The van der Waals surface area contributed by atoms with E-state index < -0.39 is 0 Å². The smallest absolute Gasteiger partial charge is 0.232 e. The predicted molar refractivity (Wildman–Crippen MR) is 91.7 cm³/mol. The minimum absolute atomic E-state index is 0. The summed E-state index contributed by atoms with van der Waals surface area (Å²) >= 11 is 0. The number of hydrogen-bond acceptors (Lipinski definition) is 4. The molecular formula is C18H24ClN3O. The molecule has 1 aromatic heterocycles. The zero-order chi connectivity index (χ0) is 15.2. The summed E-state index contributed by atoms with van der Waals surface area (Å²) in [5.74, 6) is 1.47. The van der Waals surface area contributed by atoms with E-state index in [0.29, 0.717) is 5.82 Å². The third kappa shape index (κ3) is 2.79. The zero-order valence-electron chi connectivity index (χ0n) is 13.5. The fourth-order valence-electron chi connectivity index (χ4n) is 3.98. The summed E-state index contributed by atoms with van der Waals surface area (Å²) in [5.41, 5.74) is 8.86. The Bertz CT molecular complexity index is 693. The molecule has 1 aromatic carbocycles. The van der Waals surface area contributed by atoms with Gasteiger partial charge in [-0.3, -0.25) is 0 Å². The second kappa shape index (κ2) is 5.91. The molecule has 4 rings (SSSR count). The van der Waals surface area contributed by atoms with Crippen molar-refractivity contribution in [3.8, 4) is 0 Å². The number of nitrogens with zero attached hydrogens (tertiary/aromatic N) is 2. The average Bonchev–Trinajstić information content (AvgIpc) is 3.17. The van der Waals surface area contributed by atoms with Crippen LogP contribution in [0.4, 0.5) is 0 Å². The normalized spacial score (nSPS) is 25.7. The van der Waals surface area contributed by atoms with E-state index in [4.69, 9.17) is 15.2 Å². The molecule has 2 aliphatic carbocycles. The van der Waals surface area contributed by atoms with Crippen molar-refractivity contribution < 1.29 is 4.52 Å². The Kier molecular flexibility index (Phi) is 4.23. The first-order valence-electron chi connectivity index (χ1n) is 8.29. The molecule has 0 bridgehead atoms. The maximum Gasteiger partial charge on any atom is 0.232 e. The monoisotopic (exact) mass is 333 g/mol. The van der Waals surface area contributed by atoms with E-state index in [1.54, 1.807) is 0 Å². The van der Waals surface area contributed by atoms with Gasteiger partial charge in [0.25, 0.3) is 0 Å². The molecule has 1 fully saturated rings. The minimum atomic E-state index is -0.370. The summed E-state index contributed by atoms with van der Waals surface area (Å²) in [6.07, 6.45) is 7.32. The van der Waals surface area contributed by atoms with Gasteiger partial charge in [-0.2, -0.15) is 4.98 Å².